The Morgan fingerprint density at radius 1 is 0.900 bits per heavy atom. The number of nitrogens with two attached hydrogens (primary N) is 1. The first-order valence-electron chi connectivity index (χ1n) is 6.14. The molecule has 0 radical (unpaired) electrons. The van der Waals surface area contributed by atoms with Gasteiger partial charge in [-0.2, -0.15) is 0 Å². The number of rotatable bonds is 4. The summed E-state index contributed by atoms with van der Waals surface area (Å²) in [6.45, 7) is 3.89. The molecule has 0 amide bonds. The SMILES string of the molecule is CC(C)Oc1cc(N)cc(Oc2ccc(Cl)c(Cl)c2)c1. The second-order valence-electron chi connectivity index (χ2n) is 4.58. The van der Waals surface area contributed by atoms with E-state index in [1.54, 1.807) is 36.4 Å². The molecule has 0 saturated carbocycles. The first-order valence-corrected chi connectivity index (χ1v) is 6.90. The van der Waals surface area contributed by atoms with Gasteiger partial charge >= 0.3 is 0 Å². The second kappa shape index (κ2) is 6.25. The minimum Gasteiger partial charge on any atom is -0.491 e. The zero-order valence-corrected chi connectivity index (χ0v) is 12.7. The van der Waals surface area contributed by atoms with Crippen LogP contribution in [0.15, 0.2) is 36.4 Å². The first kappa shape index (κ1) is 14.8. The highest BCUT2D eigenvalue weighted by Gasteiger charge is 2.06. The van der Waals surface area contributed by atoms with Crippen LogP contribution >= 0.6 is 23.2 Å². The molecule has 3 nitrogen and oxygen atoms in total. The van der Waals surface area contributed by atoms with Gasteiger partial charge in [0.05, 0.1) is 16.1 Å². The summed E-state index contributed by atoms with van der Waals surface area (Å²) in [5.41, 5.74) is 6.40. The zero-order valence-electron chi connectivity index (χ0n) is 11.2. The molecule has 0 aliphatic rings. The van der Waals surface area contributed by atoms with Gasteiger partial charge in [0.15, 0.2) is 0 Å². The Morgan fingerprint density at radius 2 is 1.60 bits per heavy atom. The molecule has 5 heteroatoms. The molecule has 0 fully saturated rings. The molecule has 2 aromatic carbocycles. The second-order valence-corrected chi connectivity index (χ2v) is 5.40. The van der Waals surface area contributed by atoms with Gasteiger partial charge in [-0.1, -0.05) is 23.2 Å². The molecule has 0 heterocycles. The van der Waals surface area contributed by atoms with E-state index in [0.29, 0.717) is 33.0 Å². The topological polar surface area (TPSA) is 44.5 Å². The van der Waals surface area contributed by atoms with Crippen molar-refractivity contribution in [3.63, 3.8) is 0 Å². The zero-order chi connectivity index (χ0) is 14.7. The van der Waals surface area contributed by atoms with Gasteiger partial charge in [-0.3, -0.25) is 0 Å². The molecule has 0 aliphatic carbocycles. The highest BCUT2D eigenvalue weighted by atomic mass is 35.5. The molecule has 2 N–H and O–H groups in total. The van der Waals surface area contributed by atoms with Crippen molar-refractivity contribution in [3.8, 4) is 17.2 Å². The van der Waals surface area contributed by atoms with Crippen molar-refractivity contribution in [3.05, 3.63) is 46.4 Å². The molecule has 106 valence electrons. The third-order valence-corrected chi connectivity index (χ3v) is 3.14. The van der Waals surface area contributed by atoms with E-state index in [1.807, 2.05) is 13.8 Å². The molecule has 0 aliphatic heterocycles. The Bertz CT molecular complexity index is 615. The van der Waals surface area contributed by atoms with Crippen molar-refractivity contribution in [2.45, 2.75) is 20.0 Å². The number of benzene rings is 2. The molecular formula is C15H15Cl2NO2. The number of nitrogen functional groups attached to an aromatic ring is 1. The lowest BCUT2D eigenvalue weighted by molar-refractivity contribution is 0.242. The van der Waals surface area contributed by atoms with Crippen molar-refractivity contribution in [2.75, 3.05) is 5.73 Å². The fourth-order valence-corrected chi connectivity index (χ4v) is 1.96. The van der Waals surface area contributed by atoms with Crippen LogP contribution in [0.1, 0.15) is 13.8 Å². The highest BCUT2D eigenvalue weighted by Crippen LogP contribution is 2.32. The molecule has 0 saturated heterocycles. The minimum atomic E-state index is 0.0645. The molecule has 0 unspecified atom stereocenters. The summed E-state index contributed by atoms with van der Waals surface area (Å²) in [7, 11) is 0. The predicted octanol–water partition coefficient (Wildman–Crippen LogP) is 5.16. The third-order valence-electron chi connectivity index (χ3n) is 2.40. The molecular weight excluding hydrogens is 297 g/mol. The van der Waals surface area contributed by atoms with E-state index in [0.717, 1.165) is 0 Å². The Labute approximate surface area is 128 Å². The summed E-state index contributed by atoms with van der Waals surface area (Å²) in [6.07, 6.45) is 0.0645. The predicted molar refractivity (Wildman–Crippen MR) is 83.2 cm³/mol. The van der Waals surface area contributed by atoms with Crippen molar-refractivity contribution < 1.29 is 9.47 Å². The Kier molecular flexibility index (Phi) is 4.63. The van der Waals surface area contributed by atoms with Crippen LogP contribution in [0.25, 0.3) is 0 Å². The van der Waals surface area contributed by atoms with E-state index in [-0.39, 0.29) is 6.10 Å². The van der Waals surface area contributed by atoms with Crippen LogP contribution in [0.4, 0.5) is 5.69 Å². The van der Waals surface area contributed by atoms with Crippen LogP contribution < -0.4 is 15.2 Å². The third kappa shape index (κ3) is 3.95. The van der Waals surface area contributed by atoms with Crippen molar-refractivity contribution in [1.82, 2.24) is 0 Å². The molecule has 20 heavy (non-hydrogen) atoms. The van der Waals surface area contributed by atoms with Gasteiger partial charge in [0.2, 0.25) is 0 Å². The van der Waals surface area contributed by atoms with Crippen LogP contribution in [-0.4, -0.2) is 6.10 Å². The molecule has 0 spiro atoms. The maximum Gasteiger partial charge on any atom is 0.133 e. The van der Waals surface area contributed by atoms with Crippen LogP contribution in [0.5, 0.6) is 17.2 Å². The van der Waals surface area contributed by atoms with E-state index >= 15 is 0 Å². The highest BCUT2D eigenvalue weighted by molar-refractivity contribution is 6.42. The summed E-state index contributed by atoms with van der Waals surface area (Å²) < 4.78 is 11.3. The lowest BCUT2D eigenvalue weighted by Gasteiger charge is -2.13. The van der Waals surface area contributed by atoms with Crippen LogP contribution in [0.3, 0.4) is 0 Å². The van der Waals surface area contributed by atoms with Gasteiger partial charge in [0.1, 0.15) is 17.2 Å². The van der Waals surface area contributed by atoms with E-state index < -0.39 is 0 Å². The normalized spacial score (nSPS) is 10.7. The van der Waals surface area contributed by atoms with Gasteiger partial charge in [0.25, 0.3) is 0 Å². The minimum absolute atomic E-state index is 0.0645. The summed E-state index contributed by atoms with van der Waals surface area (Å²) in [4.78, 5) is 0. The van der Waals surface area contributed by atoms with Crippen LogP contribution in [0, 0.1) is 0 Å². The average molecular weight is 312 g/mol. The maximum absolute atomic E-state index is 5.95. The van der Waals surface area contributed by atoms with E-state index in [9.17, 15) is 0 Å². The number of hydrogen-bond donors (Lipinski definition) is 1. The van der Waals surface area contributed by atoms with Gasteiger partial charge in [-0.15, -0.1) is 0 Å². The van der Waals surface area contributed by atoms with Gasteiger partial charge in [-0.25, -0.2) is 0 Å². The summed E-state index contributed by atoms with van der Waals surface area (Å²) >= 11 is 11.8. The van der Waals surface area contributed by atoms with E-state index in [1.165, 1.54) is 0 Å². The lowest BCUT2D eigenvalue weighted by atomic mass is 10.2. The summed E-state index contributed by atoms with van der Waals surface area (Å²) in [5.74, 6) is 1.83. The monoisotopic (exact) mass is 311 g/mol. The smallest absolute Gasteiger partial charge is 0.133 e. The number of ether oxygens (including phenoxy) is 2. The van der Waals surface area contributed by atoms with Crippen molar-refractivity contribution in [1.29, 1.82) is 0 Å². The Morgan fingerprint density at radius 3 is 2.25 bits per heavy atom. The van der Waals surface area contributed by atoms with E-state index in [2.05, 4.69) is 0 Å². The van der Waals surface area contributed by atoms with Gasteiger partial charge in [0, 0.05) is 30.0 Å². The molecule has 0 bridgehead atoms. The fourth-order valence-electron chi connectivity index (χ4n) is 1.67. The number of halogens is 2. The first-order chi connectivity index (χ1) is 9.44. The van der Waals surface area contributed by atoms with Gasteiger partial charge in [-0.05, 0) is 26.0 Å². The Hall–Kier alpha value is -1.58. The standard InChI is InChI=1S/C15H15Cl2NO2/c1-9(2)19-12-5-10(18)6-13(7-12)20-11-3-4-14(16)15(17)8-11/h3-9H,18H2,1-2H3. The Balaban J connectivity index is 2.24. The summed E-state index contributed by atoms with van der Waals surface area (Å²) in [5, 5.41) is 0.919. The maximum atomic E-state index is 5.95. The van der Waals surface area contributed by atoms with Gasteiger partial charge < -0.3 is 15.2 Å². The fraction of sp³-hybridized carbons (Fsp3) is 0.200. The van der Waals surface area contributed by atoms with E-state index in [4.69, 9.17) is 38.4 Å². The lowest BCUT2D eigenvalue weighted by Crippen LogP contribution is -2.05. The van der Waals surface area contributed by atoms with Crippen molar-refractivity contribution >= 4 is 28.9 Å². The number of anilines is 1. The molecule has 0 atom stereocenters. The molecule has 0 aromatic heterocycles. The van der Waals surface area contributed by atoms with Crippen LogP contribution in [0.2, 0.25) is 10.0 Å². The van der Waals surface area contributed by atoms with Crippen LogP contribution in [-0.2, 0) is 0 Å². The largest absolute Gasteiger partial charge is 0.491 e. The van der Waals surface area contributed by atoms with Crippen molar-refractivity contribution in [2.24, 2.45) is 0 Å². The number of hydrogen-bond acceptors (Lipinski definition) is 3. The quantitative estimate of drug-likeness (QED) is 0.794. The average Bonchev–Trinajstić information content (AvgIpc) is 2.32. The molecule has 2 rings (SSSR count). The summed E-state index contributed by atoms with van der Waals surface area (Å²) in [6, 6.07) is 10.3. The molecule has 2 aromatic rings.